The lowest BCUT2D eigenvalue weighted by molar-refractivity contribution is -0.145. The minimum atomic E-state index is -1.11. The van der Waals surface area contributed by atoms with E-state index in [9.17, 15) is 4.39 Å². The first kappa shape index (κ1) is 8.90. The van der Waals surface area contributed by atoms with Gasteiger partial charge in [-0.1, -0.05) is 0 Å². The Labute approximate surface area is 65.7 Å². The van der Waals surface area contributed by atoms with Gasteiger partial charge >= 0.3 is 0 Å². The average molecular weight is 163 g/mol. The van der Waals surface area contributed by atoms with Crippen molar-refractivity contribution >= 4 is 0 Å². The summed E-state index contributed by atoms with van der Waals surface area (Å²) in [6.07, 6.45) is -1.60. The molecule has 1 fully saturated rings. The minimum absolute atomic E-state index is 0.00981. The van der Waals surface area contributed by atoms with E-state index in [0.29, 0.717) is 6.61 Å². The molecule has 0 aliphatic carbocycles. The van der Waals surface area contributed by atoms with Gasteiger partial charge < -0.3 is 15.2 Å². The summed E-state index contributed by atoms with van der Waals surface area (Å²) in [6.45, 7) is 3.81. The summed E-state index contributed by atoms with van der Waals surface area (Å²) in [5.74, 6) is -0.649. The molecule has 0 aromatic heterocycles. The summed E-state index contributed by atoms with van der Waals surface area (Å²) in [4.78, 5) is 0. The van der Waals surface area contributed by atoms with Gasteiger partial charge in [0.15, 0.2) is 5.79 Å². The van der Waals surface area contributed by atoms with Crippen LogP contribution < -0.4 is 5.73 Å². The van der Waals surface area contributed by atoms with Crippen molar-refractivity contribution in [2.24, 2.45) is 5.73 Å². The molecule has 0 bridgehead atoms. The molecule has 2 unspecified atom stereocenters. The predicted octanol–water partition coefficient (Wildman–Crippen LogP) is 0.435. The third kappa shape index (κ3) is 2.12. The van der Waals surface area contributed by atoms with Crippen molar-refractivity contribution in [3.05, 3.63) is 0 Å². The number of rotatable bonds is 2. The molecule has 0 radical (unpaired) electrons. The molecule has 4 heteroatoms. The molecule has 66 valence electrons. The second kappa shape index (κ2) is 3.05. The second-order valence-electron chi connectivity index (χ2n) is 3.12. The molecule has 3 nitrogen and oxygen atoms in total. The van der Waals surface area contributed by atoms with Gasteiger partial charge in [-0.15, -0.1) is 0 Å². The SMILES string of the molecule is CC1(C)OCC(C(F)CN)O1. The van der Waals surface area contributed by atoms with Crippen molar-refractivity contribution < 1.29 is 13.9 Å². The van der Waals surface area contributed by atoms with E-state index in [-0.39, 0.29) is 6.54 Å². The summed E-state index contributed by atoms with van der Waals surface area (Å²) in [5.41, 5.74) is 5.13. The topological polar surface area (TPSA) is 44.5 Å². The van der Waals surface area contributed by atoms with Crippen molar-refractivity contribution in [1.29, 1.82) is 0 Å². The Hall–Kier alpha value is -0.190. The van der Waals surface area contributed by atoms with Crippen LogP contribution in [0.25, 0.3) is 0 Å². The van der Waals surface area contributed by atoms with Gasteiger partial charge in [0.05, 0.1) is 6.61 Å². The molecule has 0 amide bonds. The fourth-order valence-electron chi connectivity index (χ4n) is 1.05. The number of alkyl halides is 1. The zero-order valence-corrected chi connectivity index (χ0v) is 6.84. The Morgan fingerprint density at radius 3 is 2.73 bits per heavy atom. The van der Waals surface area contributed by atoms with Crippen LogP contribution in [0.3, 0.4) is 0 Å². The Morgan fingerprint density at radius 2 is 2.36 bits per heavy atom. The predicted molar refractivity (Wildman–Crippen MR) is 38.9 cm³/mol. The zero-order chi connectivity index (χ0) is 8.48. The normalized spacial score (nSPS) is 32.2. The largest absolute Gasteiger partial charge is 0.348 e. The fourth-order valence-corrected chi connectivity index (χ4v) is 1.05. The van der Waals surface area contributed by atoms with Crippen LogP contribution in [0.1, 0.15) is 13.8 Å². The van der Waals surface area contributed by atoms with E-state index < -0.39 is 18.1 Å². The molecule has 0 aromatic carbocycles. The molecule has 0 aromatic rings. The number of halogens is 1. The van der Waals surface area contributed by atoms with E-state index in [1.165, 1.54) is 0 Å². The summed E-state index contributed by atoms with van der Waals surface area (Å²) in [5, 5.41) is 0. The molecule has 1 heterocycles. The molecule has 2 N–H and O–H groups in total. The lowest BCUT2D eigenvalue weighted by Gasteiger charge is -2.18. The van der Waals surface area contributed by atoms with Crippen LogP contribution in [0.4, 0.5) is 4.39 Å². The Kier molecular flexibility index (Phi) is 2.47. The maximum Gasteiger partial charge on any atom is 0.163 e. The summed E-state index contributed by atoms with van der Waals surface area (Å²) < 4.78 is 23.2. The molecule has 1 aliphatic heterocycles. The maximum atomic E-state index is 12.9. The van der Waals surface area contributed by atoms with Gasteiger partial charge in [-0.3, -0.25) is 0 Å². The standard InChI is InChI=1S/C7H14FNO2/c1-7(2)10-4-6(11-7)5(8)3-9/h5-6H,3-4,9H2,1-2H3. The van der Waals surface area contributed by atoms with E-state index in [1.807, 2.05) is 0 Å². The molecular formula is C7H14FNO2. The van der Waals surface area contributed by atoms with E-state index >= 15 is 0 Å². The highest BCUT2D eigenvalue weighted by atomic mass is 19.1. The number of hydrogen-bond donors (Lipinski definition) is 1. The van der Waals surface area contributed by atoms with Crippen molar-refractivity contribution in [3.8, 4) is 0 Å². The first-order valence-electron chi connectivity index (χ1n) is 3.71. The van der Waals surface area contributed by atoms with Crippen LogP contribution in [0, 0.1) is 0 Å². The van der Waals surface area contributed by atoms with Crippen LogP contribution in [0.15, 0.2) is 0 Å². The van der Waals surface area contributed by atoms with E-state index in [0.717, 1.165) is 0 Å². The Balaban J connectivity index is 2.41. The molecule has 1 rings (SSSR count). The average Bonchev–Trinajstić information content (AvgIpc) is 2.29. The van der Waals surface area contributed by atoms with Crippen LogP contribution in [-0.2, 0) is 9.47 Å². The van der Waals surface area contributed by atoms with Crippen molar-refractivity contribution in [2.45, 2.75) is 31.9 Å². The highest BCUT2D eigenvalue weighted by Crippen LogP contribution is 2.24. The van der Waals surface area contributed by atoms with Gasteiger partial charge in [0, 0.05) is 6.54 Å². The lowest BCUT2D eigenvalue weighted by atomic mass is 10.2. The summed E-state index contributed by atoms with van der Waals surface area (Å²) in [7, 11) is 0. The molecule has 11 heavy (non-hydrogen) atoms. The first-order valence-corrected chi connectivity index (χ1v) is 3.71. The third-order valence-corrected chi connectivity index (χ3v) is 1.66. The number of nitrogens with two attached hydrogens (primary N) is 1. The van der Waals surface area contributed by atoms with Crippen LogP contribution >= 0.6 is 0 Å². The Bertz CT molecular complexity index is 140. The maximum absolute atomic E-state index is 12.9. The van der Waals surface area contributed by atoms with Gasteiger partial charge in [0.2, 0.25) is 0 Å². The Morgan fingerprint density at radius 1 is 1.73 bits per heavy atom. The molecule has 2 atom stereocenters. The van der Waals surface area contributed by atoms with Crippen LogP contribution in [0.5, 0.6) is 0 Å². The molecule has 0 saturated carbocycles. The molecule has 1 aliphatic rings. The van der Waals surface area contributed by atoms with Gasteiger partial charge in [-0.25, -0.2) is 4.39 Å². The quantitative estimate of drug-likeness (QED) is 0.642. The van der Waals surface area contributed by atoms with Crippen molar-refractivity contribution in [1.82, 2.24) is 0 Å². The molecule has 0 spiro atoms. The van der Waals surface area contributed by atoms with E-state index in [2.05, 4.69) is 0 Å². The van der Waals surface area contributed by atoms with Gasteiger partial charge in [-0.2, -0.15) is 0 Å². The first-order chi connectivity index (χ1) is 5.05. The highest BCUT2D eigenvalue weighted by Gasteiger charge is 2.36. The monoisotopic (exact) mass is 163 g/mol. The van der Waals surface area contributed by atoms with Crippen molar-refractivity contribution in [3.63, 3.8) is 0 Å². The zero-order valence-electron chi connectivity index (χ0n) is 6.84. The van der Waals surface area contributed by atoms with E-state index in [1.54, 1.807) is 13.8 Å². The van der Waals surface area contributed by atoms with Crippen LogP contribution in [-0.4, -0.2) is 31.2 Å². The van der Waals surface area contributed by atoms with Gasteiger partial charge in [0.25, 0.3) is 0 Å². The third-order valence-electron chi connectivity index (χ3n) is 1.66. The lowest BCUT2D eigenvalue weighted by Crippen LogP contribution is -2.33. The number of hydrogen-bond acceptors (Lipinski definition) is 3. The highest BCUT2D eigenvalue weighted by molar-refractivity contribution is 4.77. The summed E-state index contributed by atoms with van der Waals surface area (Å²) in [6, 6.07) is 0. The smallest absolute Gasteiger partial charge is 0.163 e. The fraction of sp³-hybridized carbons (Fsp3) is 1.00. The minimum Gasteiger partial charge on any atom is -0.348 e. The van der Waals surface area contributed by atoms with E-state index in [4.69, 9.17) is 15.2 Å². The molecule has 1 saturated heterocycles. The molecular weight excluding hydrogens is 149 g/mol. The van der Waals surface area contributed by atoms with Crippen molar-refractivity contribution in [2.75, 3.05) is 13.2 Å². The summed E-state index contributed by atoms with van der Waals surface area (Å²) >= 11 is 0. The van der Waals surface area contributed by atoms with Gasteiger partial charge in [0.1, 0.15) is 12.3 Å². The second-order valence-corrected chi connectivity index (χ2v) is 3.12. The number of ether oxygens (including phenoxy) is 2. The van der Waals surface area contributed by atoms with Gasteiger partial charge in [-0.05, 0) is 13.8 Å². The van der Waals surface area contributed by atoms with Crippen LogP contribution in [0.2, 0.25) is 0 Å².